The Labute approximate surface area is 171 Å². The van der Waals surface area contributed by atoms with E-state index < -0.39 is 17.8 Å². The summed E-state index contributed by atoms with van der Waals surface area (Å²) < 4.78 is 5.54. The summed E-state index contributed by atoms with van der Waals surface area (Å²) in [5.41, 5.74) is 0.390. The van der Waals surface area contributed by atoms with E-state index in [-0.39, 0.29) is 23.0 Å². The van der Waals surface area contributed by atoms with Crippen molar-refractivity contribution in [2.24, 2.45) is 0 Å². The summed E-state index contributed by atoms with van der Waals surface area (Å²) in [5, 5.41) is 2.66. The number of halogens is 2. The first-order chi connectivity index (χ1) is 13.4. The normalized spacial score (nSPS) is 15.6. The molecule has 0 unspecified atom stereocenters. The second-order valence-electron chi connectivity index (χ2n) is 5.70. The molecule has 1 heterocycles. The van der Waals surface area contributed by atoms with Gasteiger partial charge in [-0.1, -0.05) is 54.1 Å². The molecule has 6 nitrogen and oxygen atoms in total. The molecule has 0 aliphatic carbocycles. The molecule has 142 valence electrons. The third-order valence-electron chi connectivity index (χ3n) is 3.80. The zero-order valence-electron chi connectivity index (χ0n) is 14.4. The number of hydrogen-bond acceptors (Lipinski definition) is 4. The fraction of sp³-hybridized carbons (Fsp3) is 0.0500. The molecular formula is C20H14Cl2N2O4. The van der Waals surface area contributed by atoms with Gasteiger partial charge in [0.15, 0.2) is 0 Å². The molecule has 28 heavy (non-hydrogen) atoms. The van der Waals surface area contributed by atoms with Gasteiger partial charge < -0.3 is 4.74 Å². The zero-order valence-corrected chi connectivity index (χ0v) is 16.0. The molecule has 3 rings (SSSR count). The number of anilines is 1. The number of amides is 4. The third kappa shape index (κ3) is 3.93. The van der Waals surface area contributed by atoms with Gasteiger partial charge in [-0.05, 0) is 30.3 Å². The Hall–Kier alpha value is -3.09. The van der Waals surface area contributed by atoms with Crippen LogP contribution in [-0.2, 0) is 9.59 Å². The lowest BCUT2D eigenvalue weighted by Crippen LogP contribution is -2.54. The number of nitrogens with one attached hydrogen (secondary N) is 1. The molecule has 0 atom stereocenters. The van der Waals surface area contributed by atoms with Crippen molar-refractivity contribution >= 4 is 52.8 Å². The number of rotatable bonds is 5. The highest BCUT2D eigenvalue weighted by Crippen LogP contribution is 2.34. The quantitative estimate of drug-likeness (QED) is 0.449. The van der Waals surface area contributed by atoms with Crippen LogP contribution in [0.4, 0.5) is 10.5 Å². The number of urea groups is 1. The van der Waals surface area contributed by atoms with Crippen LogP contribution >= 0.6 is 23.2 Å². The van der Waals surface area contributed by atoms with E-state index in [4.69, 9.17) is 27.9 Å². The number of imide groups is 2. The van der Waals surface area contributed by atoms with Gasteiger partial charge >= 0.3 is 6.03 Å². The van der Waals surface area contributed by atoms with Crippen molar-refractivity contribution in [3.63, 3.8) is 0 Å². The third-order valence-corrected chi connectivity index (χ3v) is 4.30. The monoisotopic (exact) mass is 416 g/mol. The number of benzene rings is 2. The highest BCUT2D eigenvalue weighted by molar-refractivity contribution is 6.40. The van der Waals surface area contributed by atoms with Gasteiger partial charge in [0.1, 0.15) is 17.9 Å². The van der Waals surface area contributed by atoms with E-state index in [9.17, 15) is 14.4 Å². The predicted molar refractivity (Wildman–Crippen MR) is 108 cm³/mol. The lowest BCUT2D eigenvalue weighted by Gasteiger charge is -2.26. The summed E-state index contributed by atoms with van der Waals surface area (Å²) in [5.74, 6) is -1.36. The van der Waals surface area contributed by atoms with Crippen LogP contribution in [0.5, 0.6) is 5.75 Å². The standard InChI is InChI=1S/C20H14Cl2N2O4/c1-2-8-28-17-12(9-13(21)11-16(17)22)10-15-18(25)23-20(27)24(19(15)26)14-6-4-3-5-7-14/h2-7,9-11H,1,8H2,(H,23,25,27)/b15-10+. The van der Waals surface area contributed by atoms with Crippen LogP contribution in [0.2, 0.25) is 10.0 Å². The molecule has 1 fully saturated rings. The summed E-state index contributed by atoms with van der Waals surface area (Å²) in [4.78, 5) is 38.3. The van der Waals surface area contributed by atoms with E-state index in [0.29, 0.717) is 16.3 Å². The maximum absolute atomic E-state index is 12.9. The molecule has 0 spiro atoms. The molecule has 0 radical (unpaired) electrons. The Balaban J connectivity index is 2.08. The molecule has 0 saturated carbocycles. The van der Waals surface area contributed by atoms with Crippen LogP contribution in [0.25, 0.3) is 6.08 Å². The summed E-state index contributed by atoms with van der Waals surface area (Å²) in [6, 6.07) is 10.4. The maximum atomic E-state index is 12.9. The van der Waals surface area contributed by atoms with Crippen molar-refractivity contribution in [1.82, 2.24) is 5.32 Å². The molecule has 4 amide bonds. The van der Waals surface area contributed by atoms with Gasteiger partial charge in [0.2, 0.25) is 0 Å². The highest BCUT2D eigenvalue weighted by Gasteiger charge is 2.37. The Morgan fingerprint density at radius 3 is 2.50 bits per heavy atom. The molecule has 2 aromatic carbocycles. The molecule has 0 aromatic heterocycles. The van der Waals surface area contributed by atoms with Gasteiger partial charge in [-0.3, -0.25) is 14.9 Å². The average molecular weight is 417 g/mol. The van der Waals surface area contributed by atoms with Crippen molar-refractivity contribution < 1.29 is 19.1 Å². The first kappa shape index (κ1) is 19.7. The van der Waals surface area contributed by atoms with E-state index >= 15 is 0 Å². The highest BCUT2D eigenvalue weighted by atomic mass is 35.5. The summed E-state index contributed by atoms with van der Waals surface area (Å²) in [6.07, 6.45) is 2.81. The predicted octanol–water partition coefficient (Wildman–Crippen LogP) is 4.22. The summed E-state index contributed by atoms with van der Waals surface area (Å²) >= 11 is 12.2. The fourth-order valence-corrected chi connectivity index (χ4v) is 3.17. The molecule has 1 aliphatic rings. The van der Waals surface area contributed by atoms with Gasteiger partial charge in [0, 0.05) is 10.6 Å². The lowest BCUT2D eigenvalue weighted by atomic mass is 10.1. The minimum atomic E-state index is -0.828. The van der Waals surface area contributed by atoms with Crippen molar-refractivity contribution in [2.45, 2.75) is 0 Å². The topological polar surface area (TPSA) is 75.7 Å². The number of carbonyl (C=O) groups is 3. The van der Waals surface area contributed by atoms with Crippen LogP contribution in [0.3, 0.4) is 0 Å². The molecule has 0 bridgehead atoms. The van der Waals surface area contributed by atoms with E-state index in [0.717, 1.165) is 4.90 Å². The minimum absolute atomic E-state index is 0.159. The Kier molecular flexibility index (Phi) is 5.82. The van der Waals surface area contributed by atoms with Crippen LogP contribution in [0.15, 0.2) is 60.7 Å². The van der Waals surface area contributed by atoms with Crippen molar-refractivity contribution in [3.8, 4) is 5.75 Å². The van der Waals surface area contributed by atoms with Gasteiger partial charge in [-0.25, -0.2) is 9.69 Å². The van der Waals surface area contributed by atoms with Crippen molar-refractivity contribution in [3.05, 3.63) is 76.3 Å². The minimum Gasteiger partial charge on any atom is -0.487 e. The Bertz CT molecular complexity index is 1000. The van der Waals surface area contributed by atoms with Gasteiger partial charge in [0.25, 0.3) is 11.8 Å². The van der Waals surface area contributed by atoms with Crippen LogP contribution < -0.4 is 15.0 Å². The Morgan fingerprint density at radius 1 is 1.11 bits per heavy atom. The van der Waals surface area contributed by atoms with Crippen LogP contribution in [0.1, 0.15) is 5.56 Å². The number of carbonyl (C=O) groups excluding carboxylic acids is 3. The number of barbiturate groups is 1. The molecular weight excluding hydrogens is 403 g/mol. The number of ether oxygens (including phenoxy) is 1. The SMILES string of the molecule is C=CCOc1c(Cl)cc(Cl)cc1/C=C1\C(=O)NC(=O)N(c2ccccc2)C1=O. The second kappa shape index (κ2) is 8.29. The van der Waals surface area contributed by atoms with Gasteiger partial charge in [-0.2, -0.15) is 0 Å². The van der Waals surface area contributed by atoms with Crippen molar-refractivity contribution in [2.75, 3.05) is 11.5 Å². The molecule has 8 heteroatoms. The smallest absolute Gasteiger partial charge is 0.335 e. The summed E-state index contributed by atoms with van der Waals surface area (Å²) in [7, 11) is 0. The summed E-state index contributed by atoms with van der Waals surface area (Å²) in [6.45, 7) is 3.73. The number of para-hydroxylation sites is 1. The lowest BCUT2D eigenvalue weighted by molar-refractivity contribution is -0.122. The number of nitrogens with zero attached hydrogens (tertiary/aromatic N) is 1. The van der Waals surface area contributed by atoms with Crippen LogP contribution in [-0.4, -0.2) is 24.5 Å². The average Bonchev–Trinajstić information content (AvgIpc) is 2.65. The molecule has 1 aliphatic heterocycles. The molecule has 1 N–H and O–H groups in total. The van der Waals surface area contributed by atoms with E-state index in [1.165, 1.54) is 24.3 Å². The first-order valence-corrected chi connectivity index (χ1v) is 8.87. The van der Waals surface area contributed by atoms with Gasteiger partial charge in [0.05, 0.1) is 10.7 Å². The fourth-order valence-electron chi connectivity index (χ4n) is 2.61. The van der Waals surface area contributed by atoms with E-state index in [2.05, 4.69) is 11.9 Å². The molecule has 1 saturated heterocycles. The second-order valence-corrected chi connectivity index (χ2v) is 6.54. The largest absolute Gasteiger partial charge is 0.487 e. The maximum Gasteiger partial charge on any atom is 0.335 e. The van der Waals surface area contributed by atoms with E-state index in [1.807, 2.05) is 0 Å². The van der Waals surface area contributed by atoms with Crippen molar-refractivity contribution in [1.29, 1.82) is 0 Å². The Morgan fingerprint density at radius 2 is 1.82 bits per heavy atom. The van der Waals surface area contributed by atoms with Gasteiger partial charge in [-0.15, -0.1) is 0 Å². The molecule has 2 aromatic rings. The number of hydrogen-bond donors (Lipinski definition) is 1. The zero-order chi connectivity index (χ0) is 20.3. The first-order valence-electron chi connectivity index (χ1n) is 8.11. The van der Waals surface area contributed by atoms with Crippen LogP contribution in [0, 0.1) is 0 Å². The van der Waals surface area contributed by atoms with E-state index in [1.54, 1.807) is 30.3 Å².